The fraction of sp³-hybridized carbons (Fsp3) is 0.320. The van der Waals surface area contributed by atoms with Crippen LogP contribution in [-0.2, 0) is 0 Å². The second kappa shape index (κ2) is 9.13. The lowest BCUT2D eigenvalue weighted by Crippen LogP contribution is -2.31. The molecule has 0 atom stereocenters. The minimum absolute atomic E-state index is 0.142. The van der Waals surface area contributed by atoms with Crippen LogP contribution < -0.4 is 5.32 Å². The van der Waals surface area contributed by atoms with Crippen molar-refractivity contribution in [2.75, 3.05) is 6.54 Å². The summed E-state index contributed by atoms with van der Waals surface area (Å²) in [4.78, 5) is 17.9. The van der Waals surface area contributed by atoms with Crippen LogP contribution in [0.1, 0.15) is 47.0 Å². The van der Waals surface area contributed by atoms with Gasteiger partial charge in [0.05, 0.1) is 11.6 Å². The maximum Gasteiger partial charge on any atom is 0.251 e. The molecule has 9 heteroatoms. The molecule has 34 heavy (non-hydrogen) atoms. The van der Waals surface area contributed by atoms with Gasteiger partial charge in [-0.15, -0.1) is 11.3 Å². The Kier molecular flexibility index (Phi) is 6.03. The van der Waals surface area contributed by atoms with Crippen LogP contribution in [0.2, 0.25) is 0 Å². The first-order valence-electron chi connectivity index (χ1n) is 11.3. The van der Waals surface area contributed by atoms with Crippen molar-refractivity contribution in [2.45, 2.75) is 38.6 Å². The van der Waals surface area contributed by atoms with E-state index in [9.17, 15) is 18.7 Å². The van der Waals surface area contributed by atoms with Crippen LogP contribution >= 0.6 is 11.3 Å². The lowest BCUT2D eigenvalue weighted by atomic mass is 9.86. The van der Waals surface area contributed by atoms with Gasteiger partial charge in [0.1, 0.15) is 5.01 Å². The quantitative estimate of drug-likeness (QED) is 0.387. The molecule has 2 aromatic heterocycles. The summed E-state index contributed by atoms with van der Waals surface area (Å²) in [7, 11) is 0. The van der Waals surface area contributed by atoms with Gasteiger partial charge in [0.15, 0.2) is 17.4 Å². The number of carbonyl (C=O) groups excluding carboxylic acids is 1. The van der Waals surface area contributed by atoms with Crippen LogP contribution in [0.3, 0.4) is 0 Å². The Morgan fingerprint density at radius 3 is 2.59 bits per heavy atom. The minimum Gasteiger partial charge on any atom is -0.503 e. The first-order chi connectivity index (χ1) is 16.4. The van der Waals surface area contributed by atoms with Crippen molar-refractivity contribution in [2.24, 2.45) is 5.92 Å². The SMILES string of the molecule is Cc1cnc(-c2ccc3cn(C4CCC(CNC(=O)c5cc(F)c(O)c(F)c5)CC4)nc3c2)s1. The minimum atomic E-state index is -1.15. The summed E-state index contributed by atoms with van der Waals surface area (Å²) in [5.41, 5.74) is 1.88. The van der Waals surface area contributed by atoms with Gasteiger partial charge >= 0.3 is 0 Å². The first-order valence-corrected chi connectivity index (χ1v) is 12.1. The highest BCUT2D eigenvalue weighted by Gasteiger charge is 2.24. The molecule has 1 amide bonds. The third-order valence-corrected chi connectivity index (χ3v) is 7.38. The lowest BCUT2D eigenvalue weighted by Gasteiger charge is -2.28. The summed E-state index contributed by atoms with van der Waals surface area (Å²) in [6.45, 7) is 2.48. The summed E-state index contributed by atoms with van der Waals surface area (Å²) in [5, 5.41) is 18.9. The number of hydrogen-bond donors (Lipinski definition) is 2. The van der Waals surface area contributed by atoms with E-state index in [1.807, 2.05) is 13.1 Å². The smallest absolute Gasteiger partial charge is 0.251 e. The van der Waals surface area contributed by atoms with E-state index in [1.165, 1.54) is 4.88 Å². The van der Waals surface area contributed by atoms with Gasteiger partial charge in [-0.3, -0.25) is 9.48 Å². The second-order valence-corrected chi connectivity index (χ2v) is 10.1. The molecule has 0 aliphatic heterocycles. The Balaban J connectivity index is 1.18. The zero-order valence-corrected chi connectivity index (χ0v) is 19.4. The fourth-order valence-electron chi connectivity index (χ4n) is 4.49. The van der Waals surface area contributed by atoms with Gasteiger partial charge in [0.2, 0.25) is 0 Å². The highest BCUT2D eigenvalue weighted by atomic mass is 32.1. The standard InChI is InChI=1S/C25H24F2N4O2S/c1-14-11-29-25(34-14)16-4-5-17-13-31(30-22(17)10-16)19-6-2-15(3-7-19)12-28-24(33)18-8-20(26)23(32)21(27)9-18/h4-5,8-11,13,15,19,32H,2-3,6-7,12H2,1H3,(H,28,33). The molecule has 1 aliphatic rings. The molecule has 0 saturated heterocycles. The molecule has 0 radical (unpaired) electrons. The molecular formula is C25H24F2N4O2S. The normalized spacial score (nSPS) is 18.3. The molecule has 5 rings (SSSR count). The number of rotatable bonds is 5. The Labute approximate surface area is 199 Å². The first kappa shape index (κ1) is 22.5. The van der Waals surface area contributed by atoms with Gasteiger partial charge in [-0.05, 0) is 56.7 Å². The van der Waals surface area contributed by atoms with E-state index in [-0.39, 0.29) is 11.5 Å². The molecule has 1 saturated carbocycles. The average Bonchev–Trinajstić information content (AvgIpc) is 3.46. The van der Waals surface area contributed by atoms with Crippen molar-refractivity contribution in [3.63, 3.8) is 0 Å². The van der Waals surface area contributed by atoms with Crippen molar-refractivity contribution >= 4 is 28.1 Å². The van der Waals surface area contributed by atoms with Crippen LogP contribution in [0.25, 0.3) is 21.5 Å². The number of phenolic OH excluding ortho intramolecular Hbond substituents is 1. The zero-order chi connectivity index (χ0) is 23.8. The summed E-state index contributed by atoms with van der Waals surface area (Å²) in [5.74, 6) is -3.63. The topological polar surface area (TPSA) is 80.0 Å². The summed E-state index contributed by atoms with van der Waals surface area (Å²) in [6, 6.07) is 8.23. The number of thiazole rings is 1. The number of aromatic nitrogens is 3. The van der Waals surface area contributed by atoms with Gasteiger partial charge < -0.3 is 10.4 Å². The number of hydrogen-bond acceptors (Lipinski definition) is 5. The van der Waals surface area contributed by atoms with Crippen LogP contribution in [0.4, 0.5) is 8.78 Å². The number of amides is 1. The number of benzene rings is 2. The number of carbonyl (C=O) groups is 1. The predicted molar refractivity (Wildman–Crippen MR) is 127 cm³/mol. The zero-order valence-electron chi connectivity index (χ0n) is 18.6. The largest absolute Gasteiger partial charge is 0.503 e. The Morgan fingerprint density at radius 1 is 1.18 bits per heavy atom. The van der Waals surface area contributed by atoms with Crippen molar-refractivity contribution in [1.82, 2.24) is 20.1 Å². The molecule has 2 N–H and O–H groups in total. The molecule has 4 aromatic rings. The molecule has 1 fully saturated rings. The number of nitrogens with one attached hydrogen (secondary N) is 1. The second-order valence-electron chi connectivity index (χ2n) is 8.83. The van der Waals surface area contributed by atoms with E-state index in [0.29, 0.717) is 12.6 Å². The van der Waals surface area contributed by atoms with E-state index < -0.39 is 23.3 Å². The van der Waals surface area contributed by atoms with Crippen LogP contribution in [-0.4, -0.2) is 32.3 Å². The molecule has 2 aromatic carbocycles. The third kappa shape index (κ3) is 4.52. The van der Waals surface area contributed by atoms with Crippen molar-refractivity contribution < 1.29 is 18.7 Å². The summed E-state index contributed by atoms with van der Waals surface area (Å²) in [6.07, 6.45) is 7.69. The van der Waals surface area contributed by atoms with Crippen molar-refractivity contribution in [1.29, 1.82) is 0 Å². The van der Waals surface area contributed by atoms with Gasteiger partial charge in [0, 0.05) is 40.3 Å². The van der Waals surface area contributed by atoms with Gasteiger partial charge in [-0.2, -0.15) is 5.10 Å². The van der Waals surface area contributed by atoms with Gasteiger partial charge in [-0.1, -0.05) is 12.1 Å². The van der Waals surface area contributed by atoms with E-state index in [4.69, 9.17) is 5.10 Å². The molecule has 6 nitrogen and oxygen atoms in total. The van der Waals surface area contributed by atoms with E-state index in [2.05, 4.69) is 39.4 Å². The molecule has 0 unspecified atom stereocenters. The molecule has 0 spiro atoms. The number of nitrogens with zero attached hydrogens (tertiary/aromatic N) is 3. The molecule has 1 aliphatic carbocycles. The average molecular weight is 483 g/mol. The molecular weight excluding hydrogens is 458 g/mol. The van der Waals surface area contributed by atoms with E-state index in [1.54, 1.807) is 11.3 Å². The summed E-state index contributed by atoms with van der Waals surface area (Å²) >= 11 is 1.67. The molecule has 0 bridgehead atoms. The third-order valence-electron chi connectivity index (χ3n) is 6.41. The number of halogens is 2. The number of aromatic hydroxyl groups is 1. The van der Waals surface area contributed by atoms with Crippen molar-refractivity contribution in [3.8, 4) is 16.3 Å². The fourth-order valence-corrected chi connectivity index (χ4v) is 5.25. The molecule has 2 heterocycles. The predicted octanol–water partition coefficient (Wildman–Crippen LogP) is 5.61. The van der Waals surface area contributed by atoms with E-state index in [0.717, 1.165) is 59.3 Å². The molecule has 176 valence electrons. The highest BCUT2D eigenvalue weighted by Crippen LogP contribution is 2.33. The Bertz CT molecular complexity index is 1340. The maximum absolute atomic E-state index is 13.5. The number of fused-ring (bicyclic) bond motifs is 1. The van der Waals surface area contributed by atoms with Gasteiger partial charge in [-0.25, -0.2) is 13.8 Å². The van der Waals surface area contributed by atoms with Gasteiger partial charge in [0.25, 0.3) is 5.91 Å². The highest BCUT2D eigenvalue weighted by molar-refractivity contribution is 7.14. The Hall–Kier alpha value is -3.33. The maximum atomic E-state index is 13.5. The summed E-state index contributed by atoms with van der Waals surface area (Å²) < 4.78 is 29.1. The van der Waals surface area contributed by atoms with Crippen LogP contribution in [0, 0.1) is 24.5 Å². The lowest BCUT2D eigenvalue weighted by molar-refractivity contribution is 0.0940. The number of phenols is 1. The van der Waals surface area contributed by atoms with Crippen molar-refractivity contribution in [3.05, 3.63) is 64.8 Å². The Morgan fingerprint density at radius 2 is 1.91 bits per heavy atom. The van der Waals surface area contributed by atoms with E-state index >= 15 is 0 Å². The number of aryl methyl sites for hydroxylation is 1. The monoisotopic (exact) mass is 482 g/mol. The van der Waals surface area contributed by atoms with Crippen LogP contribution in [0.15, 0.2) is 42.7 Å². The van der Waals surface area contributed by atoms with Crippen LogP contribution in [0.5, 0.6) is 5.75 Å².